The van der Waals surface area contributed by atoms with Crippen LogP contribution in [0, 0.1) is 13.8 Å². The maximum atomic E-state index is 2.29. The summed E-state index contributed by atoms with van der Waals surface area (Å²) in [5.41, 5.74) is 2.77. The highest BCUT2D eigenvalue weighted by Crippen LogP contribution is 2.13. The Hall–Kier alpha value is -0.720. The van der Waals surface area contributed by atoms with Crippen molar-refractivity contribution < 1.29 is 0 Å². The molecule has 10 heavy (non-hydrogen) atoms. The minimum absolute atomic E-state index is 0.591. The smallest absolute Gasteiger partial charge is 0.0276 e. The van der Waals surface area contributed by atoms with E-state index in [4.69, 9.17) is 0 Å². The Labute approximate surface area is 62.7 Å². The van der Waals surface area contributed by atoms with Gasteiger partial charge in [0.2, 0.25) is 0 Å². The Balaban J connectivity index is 3.05. The second kappa shape index (κ2) is 2.49. The molecule has 0 N–H and O–H groups in total. The first kappa shape index (κ1) is 7.39. The van der Waals surface area contributed by atoms with Crippen LogP contribution in [0.15, 0.2) is 12.3 Å². The molecule has 0 bridgehead atoms. The van der Waals surface area contributed by atoms with Crippen molar-refractivity contribution in [3.8, 4) is 0 Å². The molecule has 0 amide bonds. The van der Waals surface area contributed by atoms with E-state index in [1.54, 1.807) is 0 Å². The SMILES string of the molecule is Cc1ccn(C(C)C)c1C. The lowest BCUT2D eigenvalue weighted by atomic mass is 10.3. The fourth-order valence-electron chi connectivity index (χ4n) is 1.19. The minimum Gasteiger partial charge on any atom is -0.349 e. The van der Waals surface area contributed by atoms with E-state index in [1.807, 2.05) is 0 Å². The molecule has 0 saturated heterocycles. The van der Waals surface area contributed by atoms with Crippen LogP contribution in [0.2, 0.25) is 0 Å². The average Bonchev–Trinajstić information content (AvgIpc) is 2.14. The van der Waals surface area contributed by atoms with Gasteiger partial charge in [0.1, 0.15) is 0 Å². The van der Waals surface area contributed by atoms with E-state index in [0.717, 1.165) is 0 Å². The molecule has 0 unspecified atom stereocenters. The first-order valence-corrected chi connectivity index (χ1v) is 3.77. The van der Waals surface area contributed by atoms with Gasteiger partial charge in [0.05, 0.1) is 0 Å². The number of aromatic nitrogens is 1. The predicted octanol–water partition coefficient (Wildman–Crippen LogP) is 2.69. The first-order chi connectivity index (χ1) is 4.63. The molecule has 56 valence electrons. The fourth-order valence-corrected chi connectivity index (χ4v) is 1.19. The maximum Gasteiger partial charge on any atom is 0.0276 e. The van der Waals surface area contributed by atoms with E-state index < -0.39 is 0 Å². The number of hydrogen-bond acceptors (Lipinski definition) is 0. The summed E-state index contributed by atoms with van der Waals surface area (Å²) in [7, 11) is 0. The molecule has 1 heteroatoms. The molecular formula is C9H15N. The van der Waals surface area contributed by atoms with Crippen molar-refractivity contribution in [3.05, 3.63) is 23.5 Å². The van der Waals surface area contributed by atoms with Gasteiger partial charge < -0.3 is 4.57 Å². The zero-order valence-electron chi connectivity index (χ0n) is 7.18. The molecule has 1 heterocycles. The van der Waals surface area contributed by atoms with E-state index in [9.17, 15) is 0 Å². The molecule has 0 spiro atoms. The monoisotopic (exact) mass is 137 g/mol. The van der Waals surface area contributed by atoms with Crippen molar-refractivity contribution in [2.45, 2.75) is 33.7 Å². The van der Waals surface area contributed by atoms with Crippen LogP contribution in [0.5, 0.6) is 0 Å². The van der Waals surface area contributed by atoms with Crippen LogP contribution in [-0.2, 0) is 0 Å². The Kier molecular flexibility index (Phi) is 1.84. The molecule has 0 atom stereocenters. The van der Waals surface area contributed by atoms with E-state index >= 15 is 0 Å². The van der Waals surface area contributed by atoms with E-state index in [1.165, 1.54) is 11.3 Å². The molecule has 0 fully saturated rings. The molecule has 1 aromatic rings. The quantitative estimate of drug-likeness (QED) is 0.561. The van der Waals surface area contributed by atoms with Crippen molar-refractivity contribution in [2.75, 3.05) is 0 Å². The summed E-state index contributed by atoms with van der Waals surface area (Å²) >= 11 is 0. The third-order valence-electron chi connectivity index (χ3n) is 2.00. The topological polar surface area (TPSA) is 4.93 Å². The van der Waals surface area contributed by atoms with E-state index in [0.29, 0.717) is 6.04 Å². The largest absolute Gasteiger partial charge is 0.349 e. The lowest BCUT2D eigenvalue weighted by Crippen LogP contribution is -2.00. The lowest BCUT2D eigenvalue weighted by molar-refractivity contribution is 0.588. The Bertz CT molecular complexity index is 221. The number of hydrogen-bond donors (Lipinski definition) is 0. The van der Waals surface area contributed by atoms with Gasteiger partial charge in [0.15, 0.2) is 0 Å². The first-order valence-electron chi connectivity index (χ1n) is 3.77. The van der Waals surface area contributed by atoms with Gasteiger partial charge in [-0.25, -0.2) is 0 Å². The van der Waals surface area contributed by atoms with Crippen LogP contribution in [0.4, 0.5) is 0 Å². The second-order valence-electron chi connectivity index (χ2n) is 3.09. The van der Waals surface area contributed by atoms with Crippen LogP contribution in [-0.4, -0.2) is 4.57 Å². The van der Waals surface area contributed by atoms with Gasteiger partial charge in [-0.15, -0.1) is 0 Å². The highest BCUT2D eigenvalue weighted by Gasteiger charge is 2.01. The maximum absolute atomic E-state index is 2.29. The summed E-state index contributed by atoms with van der Waals surface area (Å²) in [6.07, 6.45) is 2.15. The van der Waals surface area contributed by atoms with Gasteiger partial charge in [0.25, 0.3) is 0 Å². The van der Waals surface area contributed by atoms with Crippen LogP contribution < -0.4 is 0 Å². The highest BCUT2D eigenvalue weighted by atomic mass is 15.0. The summed E-state index contributed by atoms with van der Waals surface area (Å²) in [5, 5.41) is 0. The van der Waals surface area contributed by atoms with Gasteiger partial charge >= 0.3 is 0 Å². The summed E-state index contributed by atoms with van der Waals surface area (Å²) in [4.78, 5) is 0. The summed E-state index contributed by atoms with van der Waals surface area (Å²) in [5.74, 6) is 0. The van der Waals surface area contributed by atoms with Crippen molar-refractivity contribution in [2.24, 2.45) is 0 Å². The summed E-state index contributed by atoms with van der Waals surface area (Å²) in [6, 6.07) is 2.75. The molecule has 0 radical (unpaired) electrons. The Morgan fingerprint density at radius 2 is 1.90 bits per heavy atom. The third-order valence-corrected chi connectivity index (χ3v) is 2.00. The van der Waals surface area contributed by atoms with E-state index in [-0.39, 0.29) is 0 Å². The molecule has 1 nitrogen and oxygen atoms in total. The van der Waals surface area contributed by atoms with Crippen LogP contribution in [0.3, 0.4) is 0 Å². The van der Waals surface area contributed by atoms with Gasteiger partial charge in [0, 0.05) is 17.9 Å². The van der Waals surface area contributed by atoms with Crippen LogP contribution in [0.1, 0.15) is 31.1 Å². The van der Waals surface area contributed by atoms with Crippen molar-refractivity contribution in [1.29, 1.82) is 0 Å². The van der Waals surface area contributed by atoms with Gasteiger partial charge in [-0.2, -0.15) is 0 Å². The number of rotatable bonds is 1. The van der Waals surface area contributed by atoms with Gasteiger partial charge in [-0.1, -0.05) is 0 Å². The van der Waals surface area contributed by atoms with E-state index in [2.05, 4.69) is 44.5 Å². The zero-order chi connectivity index (χ0) is 7.72. The lowest BCUT2D eigenvalue weighted by Gasteiger charge is -2.09. The Morgan fingerprint density at radius 1 is 1.30 bits per heavy atom. The molecule has 0 aromatic carbocycles. The summed E-state index contributed by atoms with van der Waals surface area (Å²) < 4.78 is 2.29. The fraction of sp³-hybridized carbons (Fsp3) is 0.556. The van der Waals surface area contributed by atoms with Crippen molar-refractivity contribution in [1.82, 2.24) is 4.57 Å². The molecule has 1 rings (SSSR count). The van der Waals surface area contributed by atoms with Crippen molar-refractivity contribution in [3.63, 3.8) is 0 Å². The number of aryl methyl sites for hydroxylation is 1. The molecule has 0 aliphatic heterocycles. The third kappa shape index (κ3) is 1.08. The highest BCUT2D eigenvalue weighted by molar-refractivity contribution is 5.19. The number of nitrogens with zero attached hydrogens (tertiary/aromatic N) is 1. The Morgan fingerprint density at radius 3 is 2.10 bits per heavy atom. The zero-order valence-corrected chi connectivity index (χ0v) is 7.18. The normalized spacial score (nSPS) is 10.9. The van der Waals surface area contributed by atoms with Gasteiger partial charge in [-0.3, -0.25) is 0 Å². The second-order valence-corrected chi connectivity index (χ2v) is 3.09. The standard InChI is InChI=1S/C9H15N/c1-7(2)10-6-5-8(3)9(10)4/h5-7H,1-4H3. The molecule has 1 aromatic heterocycles. The summed E-state index contributed by atoms with van der Waals surface area (Å²) in [6.45, 7) is 8.71. The molecule has 0 aliphatic rings. The predicted molar refractivity (Wildman–Crippen MR) is 44.3 cm³/mol. The van der Waals surface area contributed by atoms with Crippen molar-refractivity contribution >= 4 is 0 Å². The molecular weight excluding hydrogens is 122 g/mol. The average molecular weight is 137 g/mol. The van der Waals surface area contributed by atoms with Crippen LogP contribution in [0.25, 0.3) is 0 Å². The molecule has 0 aliphatic carbocycles. The van der Waals surface area contributed by atoms with Gasteiger partial charge in [-0.05, 0) is 39.3 Å². The molecule has 0 saturated carbocycles. The van der Waals surface area contributed by atoms with Crippen LogP contribution >= 0.6 is 0 Å². The minimum atomic E-state index is 0.591.